The van der Waals surface area contributed by atoms with E-state index in [0.29, 0.717) is 0 Å². The number of hydrogen-bond acceptors (Lipinski definition) is 3. The van der Waals surface area contributed by atoms with Crippen LogP contribution in [0.25, 0.3) is 0 Å². The van der Waals surface area contributed by atoms with Crippen molar-refractivity contribution in [1.29, 1.82) is 0 Å². The van der Waals surface area contributed by atoms with Crippen molar-refractivity contribution in [3.05, 3.63) is 10.6 Å². The van der Waals surface area contributed by atoms with Crippen LogP contribution in [0.3, 0.4) is 0 Å². The fourth-order valence-electron chi connectivity index (χ4n) is 0.646. The van der Waals surface area contributed by atoms with Gasteiger partial charge in [0, 0.05) is 0 Å². The number of carbonyl (C=O) groups is 1. The molecular weight excluding hydrogens is 259 g/mol. The van der Waals surface area contributed by atoms with Crippen LogP contribution >= 0.6 is 39.1 Å². The summed E-state index contributed by atoms with van der Waals surface area (Å²) in [6.07, 6.45) is -1.32. The number of esters is 1. The van der Waals surface area contributed by atoms with E-state index >= 15 is 0 Å². The molecule has 0 radical (unpaired) electrons. The number of alkyl halides is 2. The molecule has 3 nitrogen and oxygen atoms in total. The molecule has 0 aromatic carbocycles. The van der Waals surface area contributed by atoms with Crippen molar-refractivity contribution < 1.29 is 14.6 Å². The molecule has 0 unspecified atom stereocenters. The maximum Gasteiger partial charge on any atom is 0.352 e. The van der Waals surface area contributed by atoms with Gasteiger partial charge in [-0.2, -0.15) is 0 Å². The number of aliphatic hydroxyl groups excluding tert-OH is 1. The minimum Gasteiger partial charge on any atom is -0.427 e. The largest absolute Gasteiger partial charge is 0.427 e. The van der Waals surface area contributed by atoms with Gasteiger partial charge in [-0.05, 0) is 0 Å². The first-order chi connectivity index (χ1) is 5.04. The summed E-state index contributed by atoms with van der Waals surface area (Å²) < 4.78 is 3.66. The van der Waals surface area contributed by atoms with Gasteiger partial charge in [0.05, 0.1) is 5.57 Å². The molecule has 11 heavy (non-hydrogen) atoms. The third-order valence-corrected chi connectivity index (χ3v) is 2.25. The SMILES string of the molecule is O=C1O[C@@H](O)C([C@H](Cl)Br)=C1Cl. The van der Waals surface area contributed by atoms with E-state index in [4.69, 9.17) is 28.3 Å². The monoisotopic (exact) mass is 260 g/mol. The van der Waals surface area contributed by atoms with Gasteiger partial charge in [0.15, 0.2) is 0 Å². The van der Waals surface area contributed by atoms with Gasteiger partial charge in [-0.1, -0.05) is 27.5 Å². The second kappa shape index (κ2) is 3.31. The molecule has 1 N–H and O–H groups in total. The second-order valence-electron chi connectivity index (χ2n) is 1.83. The molecule has 1 aliphatic rings. The fraction of sp³-hybridized carbons (Fsp3) is 0.400. The van der Waals surface area contributed by atoms with Crippen LogP contribution in [0.4, 0.5) is 0 Å². The first kappa shape index (κ1) is 9.32. The van der Waals surface area contributed by atoms with E-state index in [1.165, 1.54) is 0 Å². The predicted molar refractivity (Wildman–Crippen MR) is 43.5 cm³/mol. The van der Waals surface area contributed by atoms with Crippen molar-refractivity contribution in [2.75, 3.05) is 0 Å². The molecular formula is C5H3BrCl2O3. The average molecular weight is 262 g/mol. The minimum absolute atomic E-state index is 0.151. The Balaban J connectivity index is 2.97. The third-order valence-electron chi connectivity index (χ3n) is 1.15. The van der Waals surface area contributed by atoms with Crippen molar-refractivity contribution in [2.24, 2.45) is 0 Å². The van der Waals surface area contributed by atoms with Gasteiger partial charge in [0.2, 0.25) is 6.29 Å². The Hall–Kier alpha value is 0.230. The van der Waals surface area contributed by atoms with Gasteiger partial charge in [-0.3, -0.25) is 0 Å². The maximum absolute atomic E-state index is 10.6. The van der Waals surface area contributed by atoms with Gasteiger partial charge in [-0.25, -0.2) is 4.79 Å². The summed E-state index contributed by atoms with van der Waals surface area (Å²) in [5.74, 6) is -0.751. The average Bonchev–Trinajstić information content (AvgIpc) is 2.07. The maximum atomic E-state index is 10.6. The Morgan fingerprint density at radius 1 is 1.73 bits per heavy atom. The van der Waals surface area contributed by atoms with E-state index in [9.17, 15) is 4.79 Å². The van der Waals surface area contributed by atoms with E-state index in [1.807, 2.05) is 0 Å². The molecule has 2 atom stereocenters. The summed E-state index contributed by atoms with van der Waals surface area (Å²) in [7, 11) is 0. The number of hydrogen-bond donors (Lipinski definition) is 1. The third kappa shape index (κ3) is 1.69. The Morgan fingerprint density at radius 3 is 2.45 bits per heavy atom. The number of carbonyl (C=O) groups excluding carboxylic acids is 1. The summed E-state index contributed by atoms with van der Waals surface area (Å²) in [6.45, 7) is 0. The molecule has 0 aromatic rings. The van der Waals surface area contributed by atoms with E-state index < -0.39 is 16.5 Å². The van der Waals surface area contributed by atoms with E-state index in [2.05, 4.69) is 20.7 Å². The molecule has 1 rings (SSSR count). The van der Waals surface area contributed by atoms with Crippen LogP contribution in [-0.4, -0.2) is 21.7 Å². The Bertz CT molecular complexity index is 226. The first-order valence-electron chi connectivity index (χ1n) is 2.60. The van der Waals surface area contributed by atoms with Crippen LogP contribution in [-0.2, 0) is 9.53 Å². The van der Waals surface area contributed by atoms with Gasteiger partial charge in [0.25, 0.3) is 0 Å². The number of halogens is 3. The lowest BCUT2D eigenvalue weighted by molar-refractivity contribution is -0.151. The molecule has 0 saturated carbocycles. The van der Waals surface area contributed by atoms with Crippen molar-refractivity contribution in [3.63, 3.8) is 0 Å². The lowest BCUT2D eigenvalue weighted by atomic mass is 10.3. The van der Waals surface area contributed by atoms with Crippen LogP contribution in [0.15, 0.2) is 10.6 Å². The molecule has 0 amide bonds. The highest BCUT2D eigenvalue weighted by molar-refractivity contribution is 9.10. The van der Waals surface area contributed by atoms with E-state index in [0.717, 1.165) is 0 Å². The number of rotatable bonds is 1. The van der Waals surface area contributed by atoms with Crippen molar-refractivity contribution in [2.45, 2.75) is 10.6 Å². The van der Waals surface area contributed by atoms with Gasteiger partial charge >= 0.3 is 5.97 Å². The van der Waals surface area contributed by atoms with Crippen LogP contribution in [0.1, 0.15) is 0 Å². The van der Waals surface area contributed by atoms with Crippen molar-refractivity contribution in [3.8, 4) is 0 Å². The van der Waals surface area contributed by atoms with E-state index in [-0.39, 0.29) is 10.6 Å². The zero-order valence-electron chi connectivity index (χ0n) is 5.05. The van der Waals surface area contributed by atoms with Crippen LogP contribution in [0, 0.1) is 0 Å². The highest BCUT2D eigenvalue weighted by Crippen LogP contribution is 2.31. The fourth-order valence-corrected chi connectivity index (χ4v) is 1.75. The summed E-state index contributed by atoms with van der Waals surface area (Å²) in [5.41, 5.74) is 0.151. The number of aliphatic hydroxyl groups is 1. The Kier molecular flexibility index (Phi) is 2.80. The zero-order valence-corrected chi connectivity index (χ0v) is 8.15. The summed E-state index contributed by atoms with van der Waals surface area (Å²) in [6, 6.07) is 0. The smallest absolute Gasteiger partial charge is 0.352 e. The quantitative estimate of drug-likeness (QED) is 0.572. The predicted octanol–water partition coefficient (Wildman–Crippen LogP) is 1.31. The number of ether oxygens (including phenoxy) is 1. The molecule has 0 aliphatic carbocycles. The van der Waals surface area contributed by atoms with Crippen LogP contribution in [0.2, 0.25) is 0 Å². The van der Waals surface area contributed by atoms with Crippen molar-refractivity contribution >= 4 is 45.1 Å². The summed E-state index contributed by atoms with van der Waals surface area (Å²) in [5, 5.41) is 8.84. The Morgan fingerprint density at radius 2 is 2.27 bits per heavy atom. The molecule has 0 saturated heterocycles. The lowest BCUT2D eigenvalue weighted by Crippen LogP contribution is -2.13. The summed E-state index contributed by atoms with van der Waals surface area (Å²) in [4.78, 5) is 10.6. The Labute approximate surface area is 81.0 Å². The lowest BCUT2D eigenvalue weighted by Gasteiger charge is -2.06. The molecule has 1 aliphatic heterocycles. The van der Waals surface area contributed by atoms with Gasteiger partial charge in [0.1, 0.15) is 9.32 Å². The molecule has 0 aromatic heterocycles. The van der Waals surface area contributed by atoms with Gasteiger partial charge in [-0.15, -0.1) is 11.6 Å². The molecule has 0 bridgehead atoms. The number of cyclic esters (lactones) is 1. The second-order valence-corrected chi connectivity index (χ2v) is 4.08. The van der Waals surface area contributed by atoms with Gasteiger partial charge < -0.3 is 9.84 Å². The summed E-state index contributed by atoms with van der Waals surface area (Å²) >= 11 is 13.9. The molecule has 62 valence electrons. The highest BCUT2D eigenvalue weighted by atomic mass is 79.9. The van der Waals surface area contributed by atoms with Crippen LogP contribution < -0.4 is 0 Å². The van der Waals surface area contributed by atoms with Crippen LogP contribution in [0.5, 0.6) is 0 Å². The topological polar surface area (TPSA) is 46.5 Å². The minimum atomic E-state index is -1.32. The first-order valence-corrected chi connectivity index (χ1v) is 4.33. The molecule has 0 spiro atoms. The molecule has 1 heterocycles. The standard InChI is InChI=1S/C5H3BrCl2O3/c6-3(8)1-2(7)5(10)11-4(1)9/h3-4,9H/t3-,4+/m0/s1. The zero-order chi connectivity index (χ0) is 8.59. The van der Waals surface area contributed by atoms with Crippen molar-refractivity contribution in [1.82, 2.24) is 0 Å². The molecule has 0 fully saturated rings. The molecule has 6 heteroatoms. The normalized spacial score (nSPS) is 27.3. The van der Waals surface area contributed by atoms with E-state index in [1.54, 1.807) is 0 Å². The highest BCUT2D eigenvalue weighted by Gasteiger charge is 2.34.